The summed E-state index contributed by atoms with van der Waals surface area (Å²) in [5.74, 6) is 0.340. The number of carbonyl (C=O) groups excluding carboxylic acids is 2. The van der Waals surface area contributed by atoms with Crippen LogP contribution in [0.3, 0.4) is 0 Å². The van der Waals surface area contributed by atoms with Gasteiger partial charge in [-0.1, -0.05) is 63.4 Å². The second-order valence-electron chi connectivity index (χ2n) is 10.1. The van der Waals surface area contributed by atoms with Crippen LogP contribution in [0.15, 0.2) is 60.8 Å². The third kappa shape index (κ3) is 5.69. The summed E-state index contributed by atoms with van der Waals surface area (Å²) in [4.78, 5) is 31.2. The zero-order valence-electron chi connectivity index (χ0n) is 20.7. The van der Waals surface area contributed by atoms with Gasteiger partial charge in [-0.15, -0.1) is 0 Å². The molecule has 1 saturated carbocycles. The minimum absolute atomic E-state index is 0.0228. The molecule has 0 atom stereocenters. The van der Waals surface area contributed by atoms with E-state index in [0.717, 1.165) is 42.1 Å². The predicted molar refractivity (Wildman–Crippen MR) is 138 cm³/mol. The SMILES string of the molecule is CC(C)CN(Cc1cccn1C)C(=O)CN(C(=O)c1ccc2ccccc2c1)C1CCCCC1. The highest BCUT2D eigenvalue weighted by Crippen LogP contribution is 2.25. The third-order valence-electron chi connectivity index (χ3n) is 6.92. The Balaban J connectivity index is 1.59. The topological polar surface area (TPSA) is 45.6 Å². The highest BCUT2D eigenvalue weighted by atomic mass is 16.2. The molecule has 1 aromatic heterocycles. The van der Waals surface area contributed by atoms with Crippen molar-refractivity contribution in [3.63, 3.8) is 0 Å². The van der Waals surface area contributed by atoms with Crippen LogP contribution in [0.1, 0.15) is 62.0 Å². The Morgan fingerprint density at radius 3 is 2.38 bits per heavy atom. The van der Waals surface area contributed by atoms with Crippen molar-refractivity contribution < 1.29 is 9.59 Å². The maximum Gasteiger partial charge on any atom is 0.254 e. The van der Waals surface area contributed by atoms with Crippen LogP contribution >= 0.6 is 0 Å². The molecule has 2 aromatic carbocycles. The lowest BCUT2D eigenvalue weighted by molar-refractivity contribution is -0.133. The lowest BCUT2D eigenvalue weighted by atomic mass is 9.93. The number of hydrogen-bond acceptors (Lipinski definition) is 2. The van der Waals surface area contributed by atoms with Crippen molar-refractivity contribution in [2.75, 3.05) is 13.1 Å². The van der Waals surface area contributed by atoms with Crippen molar-refractivity contribution in [3.8, 4) is 0 Å². The Hall–Kier alpha value is -3.08. The van der Waals surface area contributed by atoms with E-state index in [2.05, 4.69) is 30.5 Å². The first-order valence-electron chi connectivity index (χ1n) is 12.6. The molecule has 5 nitrogen and oxygen atoms in total. The Morgan fingerprint density at radius 2 is 1.71 bits per heavy atom. The van der Waals surface area contributed by atoms with E-state index in [0.29, 0.717) is 24.6 Å². The smallest absolute Gasteiger partial charge is 0.254 e. The predicted octanol–water partition coefficient (Wildman–Crippen LogP) is 5.64. The van der Waals surface area contributed by atoms with E-state index in [1.54, 1.807) is 0 Å². The molecule has 0 aliphatic heterocycles. The maximum atomic E-state index is 13.8. The van der Waals surface area contributed by atoms with Gasteiger partial charge in [0, 0.05) is 37.1 Å². The van der Waals surface area contributed by atoms with Crippen molar-refractivity contribution in [1.82, 2.24) is 14.4 Å². The normalized spacial score (nSPS) is 14.5. The molecule has 2 amide bonds. The lowest BCUT2D eigenvalue weighted by Crippen LogP contribution is -2.48. The summed E-state index contributed by atoms with van der Waals surface area (Å²) in [5.41, 5.74) is 1.76. The molecular weight excluding hydrogens is 422 g/mol. The van der Waals surface area contributed by atoms with Crippen LogP contribution in [0.25, 0.3) is 10.8 Å². The monoisotopic (exact) mass is 459 g/mol. The second-order valence-corrected chi connectivity index (χ2v) is 10.1. The first kappa shape index (κ1) is 24.1. The Kier molecular flexibility index (Phi) is 7.71. The Bertz CT molecular complexity index is 1130. The van der Waals surface area contributed by atoms with Crippen molar-refractivity contribution >= 4 is 22.6 Å². The number of nitrogens with zero attached hydrogens (tertiary/aromatic N) is 3. The minimum atomic E-state index is -0.0330. The number of fused-ring (bicyclic) bond motifs is 1. The third-order valence-corrected chi connectivity index (χ3v) is 6.92. The molecule has 180 valence electrons. The van der Waals surface area contributed by atoms with E-state index < -0.39 is 0 Å². The van der Waals surface area contributed by atoms with E-state index in [1.165, 1.54) is 6.42 Å². The molecule has 1 heterocycles. The van der Waals surface area contributed by atoms with Crippen LogP contribution in [-0.2, 0) is 18.4 Å². The molecular formula is C29H37N3O2. The number of aryl methyl sites for hydroxylation is 1. The Labute approximate surface area is 203 Å². The van der Waals surface area contributed by atoms with Crippen molar-refractivity contribution in [1.29, 1.82) is 0 Å². The first-order chi connectivity index (χ1) is 16.4. The summed E-state index contributed by atoms with van der Waals surface area (Å²) in [5, 5.41) is 2.17. The van der Waals surface area contributed by atoms with Gasteiger partial charge in [0.25, 0.3) is 5.91 Å². The van der Waals surface area contributed by atoms with E-state index in [9.17, 15) is 9.59 Å². The van der Waals surface area contributed by atoms with E-state index in [-0.39, 0.29) is 24.4 Å². The Morgan fingerprint density at radius 1 is 0.971 bits per heavy atom. The highest BCUT2D eigenvalue weighted by Gasteiger charge is 2.30. The standard InChI is InChI=1S/C29H37N3O2/c1-22(2)19-31(20-27-14-9-17-30(27)3)28(33)21-32(26-12-5-4-6-13-26)29(34)25-16-15-23-10-7-8-11-24(23)18-25/h7-11,14-18,22,26H,4-6,12-13,19-21H2,1-3H3. The molecule has 3 aromatic rings. The van der Waals surface area contributed by atoms with Crippen molar-refractivity contribution in [2.45, 2.75) is 58.5 Å². The van der Waals surface area contributed by atoms with Crippen molar-refractivity contribution in [3.05, 3.63) is 72.1 Å². The summed E-state index contributed by atoms with van der Waals surface area (Å²) in [6.07, 6.45) is 7.36. The fourth-order valence-corrected chi connectivity index (χ4v) is 5.04. The number of rotatable bonds is 8. The zero-order chi connectivity index (χ0) is 24.1. The zero-order valence-corrected chi connectivity index (χ0v) is 20.7. The van der Waals surface area contributed by atoms with Gasteiger partial charge in [-0.2, -0.15) is 0 Å². The number of carbonyl (C=O) groups is 2. The fourth-order valence-electron chi connectivity index (χ4n) is 5.04. The number of amides is 2. The van der Waals surface area contributed by atoms with Gasteiger partial charge in [-0.05, 0) is 53.8 Å². The van der Waals surface area contributed by atoms with Crippen LogP contribution in [0.5, 0.6) is 0 Å². The van der Waals surface area contributed by atoms with E-state index in [4.69, 9.17) is 0 Å². The van der Waals surface area contributed by atoms with Gasteiger partial charge in [-0.25, -0.2) is 0 Å². The summed E-state index contributed by atoms with van der Waals surface area (Å²) in [6, 6.07) is 18.1. The molecule has 4 rings (SSSR count). The summed E-state index contributed by atoms with van der Waals surface area (Å²) in [7, 11) is 2.00. The van der Waals surface area contributed by atoms with Crippen LogP contribution in [-0.4, -0.2) is 45.3 Å². The number of hydrogen-bond donors (Lipinski definition) is 0. The molecule has 1 fully saturated rings. The molecule has 1 aliphatic carbocycles. The second kappa shape index (κ2) is 10.9. The summed E-state index contributed by atoms with van der Waals surface area (Å²) >= 11 is 0. The number of aromatic nitrogens is 1. The molecule has 0 unspecified atom stereocenters. The van der Waals surface area contributed by atoms with E-state index in [1.807, 2.05) is 65.5 Å². The molecule has 1 aliphatic rings. The van der Waals surface area contributed by atoms with Gasteiger partial charge < -0.3 is 14.4 Å². The molecule has 0 saturated heterocycles. The quantitative estimate of drug-likeness (QED) is 0.438. The average Bonchev–Trinajstić information content (AvgIpc) is 3.25. The highest BCUT2D eigenvalue weighted by molar-refractivity contribution is 6.00. The van der Waals surface area contributed by atoms with Gasteiger partial charge >= 0.3 is 0 Å². The summed E-state index contributed by atoms with van der Waals surface area (Å²) < 4.78 is 2.06. The van der Waals surface area contributed by atoms with Gasteiger partial charge in [0.15, 0.2) is 0 Å². The van der Waals surface area contributed by atoms with Gasteiger partial charge in [0.1, 0.15) is 6.54 Å². The lowest BCUT2D eigenvalue weighted by Gasteiger charge is -2.36. The largest absolute Gasteiger partial charge is 0.353 e. The van der Waals surface area contributed by atoms with Crippen molar-refractivity contribution in [2.24, 2.45) is 13.0 Å². The van der Waals surface area contributed by atoms with E-state index >= 15 is 0 Å². The minimum Gasteiger partial charge on any atom is -0.353 e. The van der Waals surface area contributed by atoms with Crippen LogP contribution in [0, 0.1) is 5.92 Å². The van der Waals surface area contributed by atoms with Crippen LogP contribution < -0.4 is 0 Å². The van der Waals surface area contributed by atoms with Gasteiger partial charge in [0.2, 0.25) is 5.91 Å². The molecule has 0 radical (unpaired) electrons. The molecule has 34 heavy (non-hydrogen) atoms. The molecule has 0 bridgehead atoms. The molecule has 0 spiro atoms. The van der Waals surface area contributed by atoms with Gasteiger partial charge in [-0.3, -0.25) is 9.59 Å². The van der Waals surface area contributed by atoms with Crippen LogP contribution in [0.4, 0.5) is 0 Å². The summed E-state index contributed by atoms with van der Waals surface area (Å²) in [6.45, 7) is 5.62. The maximum absolute atomic E-state index is 13.8. The molecule has 5 heteroatoms. The average molecular weight is 460 g/mol. The molecule has 0 N–H and O–H groups in total. The van der Waals surface area contributed by atoms with Gasteiger partial charge in [0.05, 0.1) is 6.54 Å². The fraction of sp³-hybridized carbons (Fsp3) is 0.448. The number of benzene rings is 2. The van der Waals surface area contributed by atoms with Crippen LogP contribution in [0.2, 0.25) is 0 Å². The first-order valence-corrected chi connectivity index (χ1v) is 12.6.